The van der Waals surface area contributed by atoms with E-state index in [0.717, 1.165) is 31.8 Å². The van der Waals surface area contributed by atoms with Crippen molar-refractivity contribution in [1.82, 2.24) is 14.9 Å². The van der Waals surface area contributed by atoms with E-state index in [0.29, 0.717) is 17.6 Å². The van der Waals surface area contributed by atoms with Crippen molar-refractivity contribution < 1.29 is 9.13 Å². The number of piperazine rings is 1. The van der Waals surface area contributed by atoms with Gasteiger partial charge in [-0.15, -0.1) is 0 Å². The molecule has 1 aromatic heterocycles. The highest BCUT2D eigenvalue weighted by Crippen LogP contribution is 2.31. The monoisotopic (exact) mass is 353 g/mol. The first-order valence-corrected chi connectivity index (χ1v) is 8.79. The molecule has 0 spiro atoms. The Hall–Kier alpha value is -2.72. The Morgan fingerprint density at radius 1 is 1.19 bits per heavy atom. The molecule has 4 rings (SSSR count). The van der Waals surface area contributed by atoms with E-state index in [-0.39, 0.29) is 12.1 Å². The van der Waals surface area contributed by atoms with Crippen molar-refractivity contribution in [2.75, 3.05) is 24.5 Å². The summed E-state index contributed by atoms with van der Waals surface area (Å²) in [6.45, 7) is 4.76. The van der Waals surface area contributed by atoms with Crippen LogP contribution < -0.4 is 9.64 Å². The van der Waals surface area contributed by atoms with E-state index in [1.54, 1.807) is 12.1 Å². The maximum atomic E-state index is 13.1. The summed E-state index contributed by atoms with van der Waals surface area (Å²) in [7, 11) is 0. The number of fused-ring (bicyclic) bond motifs is 1. The molecular formula is C19H20FN5O. The lowest BCUT2D eigenvalue weighted by Gasteiger charge is -2.42. The predicted molar refractivity (Wildman–Crippen MR) is 94.3 cm³/mol. The highest BCUT2D eigenvalue weighted by atomic mass is 19.1. The van der Waals surface area contributed by atoms with Crippen LogP contribution >= 0.6 is 0 Å². The third-order valence-electron chi connectivity index (χ3n) is 5.24. The zero-order valence-corrected chi connectivity index (χ0v) is 14.5. The van der Waals surface area contributed by atoms with Crippen molar-refractivity contribution >= 4 is 5.95 Å². The number of benzene rings is 1. The number of aromatic nitrogens is 2. The van der Waals surface area contributed by atoms with Gasteiger partial charge in [-0.2, -0.15) is 5.26 Å². The molecule has 134 valence electrons. The molecule has 0 aliphatic carbocycles. The molecule has 6 nitrogen and oxygen atoms in total. The lowest BCUT2D eigenvalue weighted by Crippen LogP contribution is -2.56. The van der Waals surface area contributed by atoms with E-state index in [1.807, 2.05) is 12.1 Å². The van der Waals surface area contributed by atoms with Crippen molar-refractivity contribution in [2.24, 2.45) is 0 Å². The highest BCUT2D eigenvalue weighted by Gasteiger charge is 2.42. The first kappa shape index (κ1) is 16.7. The Bertz CT molecular complexity index is 804. The minimum absolute atomic E-state index is 0.115. The van der Waals surface area contributed by atoms with E-state index >= 15 is 0 Å². The molecule has 1 unspecified atom stereocenters. The lowest BCUT2D eigenvalue weighted by molar-refractivity contribution is 0.179. The second-order valence-electron chi connectivity index (χ2n) is 6.81. The predicted octanol–water partition coefficient (Wildman–Crippen LogP) is 2.22. The maximum Gasteiger partial charge on any atom is 0.225 e. The van der Waals surface area contributed by atoms with Crippen LogP contribution in [0.2, 0.25) is 0 Å². The molecule has 3 atom stereocenters. The Kier molecular flexibility index (Phi) is 4.43. The van der Waals surface area contributed by atoms with Gasteiger partial charge >= 0.3 is 0 Å². The first-order valence-electron chi connectivity index (χ1n) is 8.79. The van der Waals surface area contributed by atoms with E-state index in [4.69, 9.17) is 10.00 Å². The molecule has 2 fully saturated rings. The molecule has 1 aromatic carbocycles. The minimum Gasteiger partial charge on any atom is -0.489 e. The Morgan fingerprint density at radius 3 is 2.62 bits per heavy atom. The molecule has 2 saturated heterocycles. The molecule has 0 bridgehead atoms. The van der Waals surface area contributed by atoms with Crippen LogP contribution in [-0.2, 0) is 0 Å². The SMILES string of the molecule is CC1[C@@H]2C[C@H](Oc3ccc(C#N)cc3)CN2CCN1c1ncc(F)cn1. The van der Waals surface area contributed by atoms with Crippen LogP contribution in [-0.4, -0.2) is 52.7 Å². The molecular weight excluding hydrogens is 333 g/mol. The second-order valence-corrected chi connectivity index (χ2v) is 6.81. The van der Waals surface area contributed by atoms with Crippen molar-refractivity contribution in [3.8, 4) is 11.8 Å². The van der Waals surface area contributed by atoms with Crippen LogP contribution in [0.4, 0.5) is 10.3 Å². The van der Waals surface area contributed by atoms with Gasteiger partial charge in [0.2, 0.25) is 5.95 Å². The molecule has 0 saturated carbocycles. The summed E-state index contributed by atoms with van der Waals surface area (Å²) < 4.78 is 19.2. The lowest BCUT2D eigenvalue weighted by atomic mass is 10.0. The number of hydrogen-bond donors (Lipinski definition) is 0. The van der Waals surface area contributed by atoms with Gasteiger partial charge in [-0.3, -0.25) is 4.90 Å². The zero-order valence-electron chi connectivity index (χ0n) is 14.5. The van der Waals surface area contributed by atoms with E-state index in [2.05, 4.69) is 32.8 Å². The smallest absolute Gasteiger partial charge is 0.225 e. The quantitative estimate of drug-likeness (QED) is 0.843. The molecule has 7 heteroatoms. The molecule has 0 radical (unpaired) electrons. The van der Waals surface area contributed by atoms with Crippen molar-refractivity contribution in [2.45, 2.75) is 31.5 Å². The number of nitrogens with zero attached hydrogens (tertiary/aromatic N) is 5. The fourth-order valence-corrected chi connectivity index (χ4v) is 3.92. The Balaban J connectivity index is 1.43. The normalized spacial score (nSPS) is 25.6. The maximum absolute atomic E-state index is 13.1. The summed E-state index contributed by atoms with van der Waals surface area (Å²) in [5, 5.41) is 8.88. The van der Waals surface area contributed by atoms with Crippen LogP contribution in [0.5, 0.6) is 5.75 Å². The van der Waals surface area contributed by atoms with Gasteiger partial charge in [0.25, 0.3) is 0 Å². The fraction of sp³-hybridized carbons (Fsp3) is 0.421. The summed E-state index contributed by atoms with van der Waals surface area (Å²) in [5.74, 6) is 0.951. The zero-order chi connectivity index (χ0) is 18.1. The molecule has 2 aromatic rings. The van der Waals surface area contributed by atoms with Crippen LogP contribution in [0, 0.1) is 17.1 Å². The third-order valence-corrected chi connectivity index (χ3v) is 5.24. The van der Waals surface area contributed by atoms with E-state index in [1.165, 1.54) is 12.4 Å². The minimum atomic E-state index is -0.420. The van der Waals surface area contributed by atoms with Crippen molar-refractivity contribution in [3.05, 3.63) is 48.0 Å². The standard InChI is InChI=1S/C19H20FN5O/c1-13-18-8-17(26-16-4-2-14(9-21)3-5-16)12-24(18)6-7-25(13)19-22-10-15(20)11-23-19/h2-5,10-11,13,17-18H,6-8,12H2,1H3/t13?,17-,18-/m0/s1. The van der Waals surface area contributed by atoms with Gasteiger partial charge < -0.3 is 9.64 Å². The average molecular weight is 353 g/mol. The van der Waals surface area contributed by atoms with E-state index < -0.39 is 5.82 Å². The Labute approximate surface area is 151 Å². The summed E-state index contributed by atoms with van der Waals surface area (Å²) in [5.41, 5.74) is 0.629. The molecule has 0 amide bonds. The van der Waals surface area contributed by atoms with Crippen molar-refractivity contribution in [1.29, 1.82) is 5.26 Å². The van der Waals surface area contributed by atoms with Gasteiger partial charge in [0.1, 0.15) is 11.9 Å². The van der Waals surface area contributed by atoms with Gasteiger partial charge in [0, 0.05) is 38.1 Å². The largest absolute Gasteiger partial charge is 0.489 e. The summed E-state index contributed by atoms with van der Waals surface area (Å²) in [4.78, 5) is 12.9. The van der Waals surface area contributed by atoms with Gasteiger partial charge in [0.05, 0.1) is 24.0 Å². The highest BCUT2D eigenvalue weighted by molar-refractivity contribution is 5.35. The van der Waals surface area contributed by atoms with Crippen LogP contribution in [0.15, 0.2) is 36.7 Å². The Morgan fingerprint density at radius 2 is 1.92 bits per heavy atom. The first-order chi connectivity index (χ1) is 12.6. The van der Waals surface area contributed by atoms with E-state index in [9.17, 15) is 4.39 Å². The second kappa shape index (κ2) is 6.89. The van der Waals surface area contributed by atoms with Crippen LogP contribution in [0.3, 0.4) is 0 Å². The van der Waals surface area contributed by atoms with Gasteiger partial charge in [-0.1, -0.05) is 0 Å². The number of hydrogen-bond acceptors (Lipinski definition) is 6. The topological polar surface area (TPSA) is 65.3 Å². The van der Waals surface area contributed by atoms with Crippen LogP contribution in [0.25, 0.3) is 0 Å². The summed E-state index contributed by atoms with van der Waals surface area (Å²) in [6.07, 6.45) is 3.46. The number of rotatable bonds is 3. The number of ether oxygens (including phenoxy) is 1. The van der Waals surface area contributed by atoms with Crippen molar-refractivity contribution in [3.63, 3.8) is 0 Å². The number of nitriles is 1. The molecule has 3 heterocycles. The van der Waals surface area contributed by atoms with Crippen LogP contribution in [0.1, 0.15) is 18.9 Å². The van der Waals surface area contributed by atoms with Gasteiger partial charge in [-0.05, 0) is 31.2 Å². The average Bonchev–Trinajstić information content (AvgIpc) is 3.07. The molecule has 26 heavy (non-hydrogen) atoms. The molecule has 0 N–H and O–H groups in total. The summed E-state index contributed by atoms with van der Waals surface area (Å²) >= 11 is 0. The summed E-state index contributed by atoms with van der Waals surface area (Å²) in [6, 6.07) is 9.92. The fourth-order valence-electron chi connectivity index (χ4n) is 3.92. The molecule has 2 aliphatic heterocycles. The van der Waals surface area contributed by atoms with Gasteiger partial charge in [-0.25, -0.2) is 14.4 Å². The number of halogens is 1. The number of anilines is 1. The molecule has 2 aliphatic rings. The van der Waals surface area contributed by atoms with Gasteiger partial charge in [0.15, 0.2) is 5.82 Å². The third kappa shape index (κ3) is 3.20.